The van der Waals surface area contributed by atoms with Gasteiger partial charge in [0.25, 0.3) is 0 Å². The molecule has 0 aliphatic carbocycles. The number of rotatable bonds is 2. The van der Waals surface area contributed by atoms with Crippen LogP contribution in [0.5, 0.6) is 0 Å². The molecule has 0 aliphatic rings. The summed E-state index contributed by atoms with van der Waals surface area (Å²) in [7, 11) is 0. The number of thiazole rings is 1. The second-order valence-electron chi connectivity index (χ2n) is 3.66. The van der Waals surface area contributed by atoms with Gasteiger partial charge in [-0.15, -0.1) is 11.3 Å². The van der Waals surface area contributed by atoms with E-state index in [-0.39, 0.29) is 6.04 Å². The number of aromatic amines is 1. The Morgan fingerprint density at radius 1 is 1.47 bits per heavy atom. The fourth-order valence-electron chi connectivity index (χ4n) is 1.70. The molecule has 0 fully saturated rings. The summed E-state index contributed by atoms with van der Waals surface area (Å²) >= 11 is 1.50. The van der Waals surface area contributed by atoms with Crippen molar-refractivity contribution in [3.8, 4) is 0 Å². The van der Waals surface area contributed by atoms with E-state index in [4.69, 9.17) is 10.2 Å². The topological polar surface area (TPSA) is 84.9 Å². The summed E-state index contributed by atoms with van der Waals surface area (Å²) in [5.74, 6) is -0.459. The molecule has 3 N–H and O–H groups in total. The van der Waals surface area contributed by atoms with Crippen molar-refractivity contribution in [2.45, 2.75) is 6.04 Å². The molecule has 0 amide bonds. The van der Waals surface area contributed by atoms with Crippen molar-refractivity contribution in [1.29, 1.82) is 0 Å². The summed E-state index contributed by atoms with van der Waals surface area (Å²) in [6.45, 7) is 0. The van der Waals surface area contributed by atoms with Gasteiger partial charge in [-0.3, -0.25) is 4.98 Å². The maximum absolute atomic E-state index is 11.0. The number of nitrogens with one attached hydrogen (secondary N) is 1. The van der Waals surface area contributed by atoms with Crippen LogP contribution < -0.4 is 11.5 Å². The number of aromatic nitrogens is 2. The minimum atomic E-state index is -0.459. The minimum absolute atomic E-state index is 0.300. The quantitative estimate of drug-likeness (QED) is 0.720. The summed E-state index contributed by atoms with van der Waals surface area (Å²) in [6, 6.07) is 5.10. The average Bonchev–Trinajstić information content (AvgIpc) is 2.94. The Morgan fingerprint density at radius 2 is 2.35 bits per heavy atom. The first-order chi connectivity index (χ1) is 8.24. The van der Waals surface area contributed by atoms with Crippen LogP contribution in [0.25, 0.3) is 11.1 Å². The van der Waals surface area contributed by atoms with Crippen molar-refractivity contribution in [3.63, 3.8) is 0 Å². The third kappa shape index (κ3) is 1.77. The van der Waals surface area contributed by atoms with E-state index in [2.05, 4.69) is 9.97 Å². The van der Waals surface area contributed by atoms with Crippen LogP contribution in [0, 0.1) is 0 Å². The van der Waals surface area contributed by atoms with Gasteiger partial charge in [0.1, 0.15) is 0 Å². The minimum Gasteiger partial charge on any atom is -0.408 e. The number of nitrogens with two attached hydrogens (primary N) is 1. The molecule has 1 aromatic carbocycles. The highest BCUT2D eigenvalue weighted by molar-refractivity contribution is 7.07. The van der Waals surface area contributed by atoms with Crippen LogP contribution in [0.3, 0.4) is 0 Å². The molecular weight excluding hydrogens is 238 g/mol. The molecule has 17 heavy (non-hydrogen) atoms. The van der Waals surface area contributed by atoms with Crippen LogP contribution in [0.1, 0.15) is 17.3 Å². The molecule has 0 saturated heterocycles. The maximum Gasteiger partial charge on any atom is 0.417 e. The first kappa shape index (κ1) is 10.2. The lowest BCUT2D eigenvalue weighted by Crippen LogP contribution is -2.11. The molecule has 2 heterocycles. The summed E-state index contributed by atoms with van der Waals surface area (Å²) in [4.78, 5) is 17.8. The number of hydrogen-bond donors (Lipinski definition) is 2. The Hall–Kier alpha value is -1.92. The SMILES string of the molecule is NC(c1ccc2[nH]c(=O)oc2c1)c1cscn1. The summed E-state index contributed by atoms with van der Waals surface area (Å²) in [6.07, 6.45) is 0. The fraction of sp³-hybridized carbons (Fsp3) is 0.0909. The predicted octanol–water partition coefficient (Wildman–Crippen LogP) is 1.63. The zero-order valence-electron chi connectivity index (χ0n) is 8.71. The zero-order chi connectivity index (χ0) is 11.8. The molecule has 2 aromatic heterocycles. The van der Waals surface area contributed by atoms with E-state index in [1.54, 1.807) is 17.6 Å². The van der Waals surface area contributed by atoms with Gasteiger partial charge in [0, 0.05) is 5.38 Å². The smallest absolute Gasteiger partial charge is 0.408 e. The number of nitrogens with zero attached hydrogens (tertiary/aromatic N) is 1. The largest absolute Gasteiger partial charge is 0.417 e. The van der Waals surface area contributed by atoms with Crippen molar-refractivity contribution in [2.75, 3.05) is 0 Å². The van der Waals surface area contributed by atoms with E-state index in [0.29, 0.717) is 11.1 Å². The van der Waals surface area contributed by atoms with Gasteiger partial charge in [0.05, 0.1) is 22.8 Å². The molecule has 3 rings (SSSR count). The van der Waals surface area contributed by atoms with Crippen LogP contribution in [-0.2, 0) is 0 Å². The third-order valence-electron chi connectivity index (χ3n) is 2.57. The highest BCUT2D eigenvalue weighted by atomic mass is 32.1. The zero-order valence-corrected chi connectivity index (χ0v) is 9.53. The molecule has 0 saturated carbocycles. The summed E-state index contributed by atoms with van der Waals surface area (Å²) in [5, 5.41) is 1.90. The lowest BCUT2D eigenvalue weighted by molar-refractivity contribution is 0.555. The first-order valence-corrected chi connectivity index (χ1v) is 5.95. The lowest BCUT2D eigenvalue weighted by Gasteiger charge is -2.08. The van der Waals surface area contributed by atoms with Crippen molar-refractivity contribution in [1.82, 2.24) is 9.97 Å². The average molecular weight is 247 g/mol. The molecule has 0 aliphatic heterocycles. The Balaban J connectivity index is 2.08. The highest BCUT2D eigenvalue weighted by Crippen LogP contribution is 2.22. The lowest BCUT2D eigenvalue weighted by atomic mass is 10.1. The van der Waals surface area contributed by atoms with Crippen LogP contribution in [0.15, 0.2) is 38.3 Å². The molecule has 1 unspecified atom stereocenters. The van der Waals surface area contributed by atoms with Gasteiger partial charge in [0.2, 0.25) is 0 Å². The highest BCUT2D eigenvalue weighted by Gasteiger charge is 2.12. The van der Waals surface area contributed by atoms with Crippen LogP contribution in [0.2, 0.25) is 0 Å². The number of benzene rings is 1. The Morgan fingerprint density at radius 3 is 3.12 bits per heavy atom. The van der Waals surface area contributed by atoms with Gasteiger partial charge in [-0.2, -0.15) is 0 Å². The second-order valence-corrected chi connectivity index (χ2v) is 4.38. The van der Waals surface area contributed by atoms with E-state index in [1.807, 2.05) is 11.4 Å². The van der Waals surface area contributed by atoms with E-state index in [1.165, 1.54) is 11.3 Å². The molecule has 0 bridgehead atoms. The normalized spacial score (nSPS) is 13.0. The van der Waals surface area contributed by atoms with E-state index in [0.717, 1.165) is 11.3 Å². The van der Waals surface area contributed by atoms with Gasteiger partial charge >= 0.3 is 5.76 Å². The molecule has 3 aromatic rings. The van der Waals surface area contributed by atoms with Crippen molar-refractivity contribution < 1.29 is 4.42 Å². The number of H-pyrrole nitrogens is 1. The first-order valence-electron chi connectivity index (χ1n) is 5.00. The van der Waals surface area contributed by atoms with Crippen molar-refractivity contribution in [2.24, 2.45) is 5.73 Å². The van der Waals surface area contributed by atoms with E-state index < -0.39 is 5.76 Å². The summed E-state index contributed by atoms with van der Waals surface area (Å²) in [5.41, 5.74) is 10.7. The molecule has 5 nitrogen and oxygen atoms in total. The van der Waals surface area contributed by atoms with Gasteiger partial charge in [0.15, 0.2) is 5.58 Å². The number of fused-ring (bicyclic) bond motifs is 1. The van der Waals surface area contributed by atoms with E-state index in [9.17, 15) is 4.79 Å². The van der Waals surface area contributed by atoms with Gasteiger partial charge < -0.3 is 10.2 Å². The number of oxazole rings is 1. The second kappa shape index (κ2) is 3.83. The van der Waals surface area contributed by atoms with Gasteiger partial charge in [-0.1, -0.05) is 6.07 Å². The Bertz CT molecular complexity index is 699. The van der Waals surface area contributed by atoms with E-state index >= 15 is 0 Å². The van der Waals surface area contributed by atoms with Gasteiger partial charge in [-0.25, -0.2) is 9.78 Å². The van der Waals surface area contributed by atoms with Crippen LogP contribution >= 0.6 is 11.3 Å². The molecule has 1 atom stereocenters. The van der Waals surface area contributed by atoms with Crippen molar-refractivity contribution in [3.05, 3.63) is 50.9 Å². The standard InChI is InChI=1S/C11H9N3O2S/c12-10(8-4-17-5-13-8)6-1-2-7-9(3-6)16-11(15)14-7/h1-5,10H,12H2,(H,14,15). The van der Waals surface area contributed by atoms with Crippen molar-refractivity contribution >= 4 is 22.4 Å². The van der Waals surface area contributed by atoms with Crippen LogP contribution in [-0.4, -0.2) is 9.97 Å². The molecule has 0 spiro atoms. The predicted molar refractivity (Wildman–Crippen MR) is 65.0 cm³/mol. The molecule has 0 radical (unpaired) electrons. The Labute approximate surface area is 99.9 Å². The monoisotopic (exact) mass is 247 g/mol. The maximum atomic E-state index is 11.0. The number of hydrogen-bond acceptors (Lipinski definition) is 5. The summed E-state index contributed by atoms with van der Waals surface area (Å²) < 4.78 is 4.99. The van der Waals surface area contributed by atoms with Crippen LogP contribution in [0.4, 0.5) is 0 Å². The third-order valence-corrected chi connectivity index (χ3v) is 3.18. The fourth-order valence-corrected chi connectivity index (χ4v) is 2.29. The van der Waals surface area contributed by atoms with Gasteiger partial charge in [-0.05, 0) is 17.7 Å². The molecule has 6 heteroatoms. The molecular formula is C11H9N3O2S. The Kier molecular flexibility index (Phi) is 2.31. The molecule has 86 valence electrons.